The van der Waals surface area contributed by atoms with Crippen molar-refractivity contribution < 1.29 is 13.9 Å². The number of rotatable bonds is 5. The van der Waals surface area contributed by atoms with Crippen molar-refractivity contribution in [1.29, 1.82) is 0 Å². The van der Waals surface area contributed by atoms with Gasteiger partial charge in [0.15, 0.2) is 0 Å². The maximum Gasteiger partial charge on any atom is 0.125 e. The number of hydrogen-bond acceptors (Lipinski definition) is 3. The molecular weight excluding hydrogens is 257 g/mol. The number of halogens is 1. The lowest BCUT2D eigenvalue weighted by atomic mass is 10.1. The summed E-state index contributed by atoms with van der Waals surface area (Å²) in [5, 5.41) is 3.25. The fourth-order valence-electron chi connectivity index (χ4n) is 2.08. The largest absolute Gasteiger partial charge is 0.497 e. The topological polar surface area (TPSA) is 30.5 Å². The molecule has 0 aliphatic carbocycles. The van der Waals surface area contributed by atoms with Gasteiger partial charge in [0, 0.05) is 11.3 Å². The predicted molar refractivity (Wildman–Crippen MR) is 78.0 cm³/mol. The number of hydrogen-bond donors (Lipinski definition) is 1. The molecule has 2 aromatic rings. The van der Waals surface area contributed by atoms with Crippen LogP contribution in [0, 0.1) is 5.82 Å². The molecule has 0 bridgehead atoms. The van der Waals surface area contributed by atoms with Gasteiger partial charge in [-0.05, 0) is 43.3 Å². The first-order valence-electron chi connectivity index (χ1n) is 6.38. The summed E-state index contributed by atoms with van der Waals surface area (Å²) in [5.41, 5.74) is 1.68. The maximum atomic E-state index is 13.2. The summed E-state index contributed by atoms with van der Waals surface area (Å²) in [6.45, 7) is 1.99. The molecule has 1 atom stereocenters. The Labute approximate surface area is 118 Å². The van der Waals surface area contributed by atoms with Gasteiger partial charge in [0.25, 0.3) is 0 Å². The fraction of sp³-hybridized carbons (Fsp3) is 0.250. The lowest BCUT2D eigenvalue weighted by Gasteiger charge is -2.19. The molecule has 1 unspecified atom stereocenters. The van der Waals surface area contributed by atoms with Gasteiger partial charge in [-0.25, -0.2) is 4.39 Å². The molecule has 0 saturated heterocycles. The van der Waals surface area contributed by atoms with Gasteiger partial charge in [0.1, 0.15) is 17.3 Å². The van der Waals surface area contributed by atoms with Crippen LogP contribution in [0.1, 0.15) is 18.5 Å². The second-order valence-corrected chi connectivity index (χ2v) is 4.48. The van der Waals surface area contributed by atoms with E-state index in [2.05, 4.69) is 5.32 Å². The van der Waals surface area contributed by atoms with Crippen LogP contribution < -0.4 is 14.8 Å². The molecule has 0 spiro atoms. The van der Waals surface area contributed by atoms with Crippen molar-refractivity contribution in [2.24, 2.45) is 0 Å². The summed E-state index contributed by atoms with van der Waals surface area (Å²) < 4.78 is 23.8. The van der Waals surface area contributed by atoms with Gasteiger partial charge in [0.2, 0.25) is 0 Å². The van der Waals surface area contributed by atoms with E-state index in [0.29, 0.717) is 0 Å². The minimum atomic E-state index is -0.264. The van der Waals surface area contributed by atoms with Crippen molar-refractivity contribution in [3.05, 3.63) is 53.8 Å². The molecule has 0 aliphatic heterocycles. The second-order valence-electron chi connectivity index (χ2n) is 4.48. The number of ether oxygens (including phenoxy) is 2. The van der Waals surface area contributed by atoms with Crippen molar-refractivity contribution in [3.63, 3.8) is 0 Å². The Morgan fingerprint density at radius 2 is 1.85 bits per heavy atom. The smallest absolute Gasteiger partial charge is 0.125 e. The van der Waals surface area contributed by atoms with E-state index in [0.717, 1.165) is 22.7 Å². The number of anilines is 1. The molecule has 20 heavy (non-hydrogen) atoms. The predicted octanol–water partition coefficient (Wildman–Crippen LogP) is 4.02. The molecule has 0 saturated carbocycles. The van der Waals surface area contributed by atoms with Gasteiger partial charge < -0.3 is 14.8 Å². The van der Waals surface area contributed by atoms with Crippen LogP contribution in [0.15, 0.2) is 42.5 Å². The highest BCUT2D eigenvalue weighted by Gasteiger charge is 2.13. The molecule has 0 aromatic heterocycles. The number of methoxy groups -OCH3 is 2. The molecule has 2 rings (SSSR count). The third kappa shape index (κ3) is 3.20. The summed E-state index contributed by atoms with van der Waals surface area (Å²) in [6, 6.07) is 12.0. The third-order valence-electron chi connectivity index (χ3n) is 3.11. The van der Waals surface area contributed by atoms with E-state index >= 15 is 0 Å². The molecule has 3 nitrogen and oxygen atoms in total. The summed E-state index contributed by atoms with van der Waals surface area (Å²) in [6.07, 6.45) is 0. The maximum absolute atomic E-state index is 13.2. The Kier molecular flexibility index (Phi) is 4.45. The highest BCUT2D eigenvalue weighted by Crippen LogP contribution is 2.31. The third-order valence-corrected chi connectivity index (χ3v) is 3.11. The van der Waals surface area contributed by atoms with Gasteiger partial charge in [-0.3, -0.25) is 0 Å². The van der Waals surface area contributed by atoms with Crippen molar-refractivity contribution in [2.45, 2.75) is 13.0 Å². The molecule has 0 fully saturated rings. The Bertz CT molecular complexity index is 586. The average Bonchev–Trinajstić information content (AvgIpc) is 2.46. The summed E-state index contributed by atoms with van der Waals surface area (Å²) in [7, 11) is 3.25. The average molecular weight is 275 g/mol. The van der Waals surface area contributed by atoms with Crippen LogP contribution >= 0.6 is 0 Å². The van der Waals surface area contributed by atoms with Crippen LogP contribution in [0.5, 0.6) is 11.5 Å². The van der Waals surface area contributed by atoms with Crippen LogP contribution in [0.4, 0.5) is 10.1 Å². The minimum absolute atomic E-state index is 0.0400. The zero-order chi connectivity index (χ0) is 14.5. The first-order chi connectivity index (χ1) is 9.63. The highest BCUT2D eigenvalue weighted by atomic mass is 19.1. The quantitative estimate of drug-likeness (QED) is 0.894. The zero-order valence-corrected chi connectivity index (χ0v) is 11.8. The molecule has 0 amide bonds. The lowest BCUT2D eigenvalue weighted by Crippen LogP contribution is -2.08. The van der Waals surface area contributed by atoms with Crippen LogP contribution in [0.3, 0.4) is 0 Å². The van der Waals surface area contributed by atoms with Crippen molar-refractivity contribution in [1.82, 2.24) is 0 Å². The summed E-state index contributed by atoms with van der Waals surface area (Å²) in [5.74, 6) is 1.26. The van der Waals surface area contributed by atoms with Gasteiger partial charge >= 0.3 is 0 Å². The normalized spacial score (nSPS) is 11.8. The van der Waals surface area contributed by atoms with Crippen LogP contribution in [-0.2, 0) is 0 Å². The van der Waals surface area contributed by atoms with E-state index in [4.69, 9.17) is 9.47 Å². The molecule has 4 heteroatoms. The summed E-state index contributed by atoms with van der Waals surface area (Å²) in [4.78, 5) is 0. The van der Waals surface area contributed by atoms with Crippen LogP contribution in [-0.4, -0.2) is 14.2 Å². The first kappa shape index (κ1) is 14.2. The number of benzene rings is 2. The first-order valence-corrected chi connectivity index (χ1v) is 6.38. The van der Waals surface area contributed by atoms with E-state index in [1.54, 1.807) is 20.3 Å². The Balaban J connectivity index is 2.25. The second kappa shape index (κ2) is 6.28. The van der Waals surface area contributed by atoms with Gasteiger partial charge in [-0.2, -0.15) is 0 Å². The van der Waals surface area contributed by atoms with Gasteiger partial charge in [0.05, 0.1) is 20.3 Å². The van der Waals surface area contributed by atoms with Crippen molar-refractivity contribution in [2.75, 3.05) is 19.5 Å². The fourth-order valence-corrected chi connectivity index (χ4v) is 2.08. The molecule has 0 aliphatic rings. The molecular formula is C16H18FNO2. The Morgan fingerprint density at radius 3 is 2.50 bits per heavy atom. The standard InChI is InChI=1S/C16H18FNO2/c1-11(18-13-6-4-5-12(17)9-13)15-10-14(19-2)7-8-16(15)20-3/h4-11,18H,1-3H3. The lowest BCUT2D eigenvalue weighted by molar-refractivity contribution is 0.397. The van der Waals surface area contributed by atoms with Gasteiger partial charge in [-0.15, -0.1) is 0 Å². The van der Waals surface area contributed by atoms with E-state index in [9.17, 15) is 4.39 Å². The monoisotopic (exact) mass is 275 g/mol. The van der Waals surface area contributed by atoms with E-state index in [1.165, 1.54) is 12.1 Å². The SMILES string of the molecule is COc1ccc(OC)c(C(C)Nc2cccc(F)c2)c1. The van der Waals surface area contributed by atoms with Crippen molar-refractivity contribution in [3.8, 4) is 11.5 Å². The van der Waals surface area contributed by atoms with Crippen LogP contribution in [0.25, 0.3) is 0 Å². The van der Waals surface area contributed by atoms with E-state index in [-0.39, 0.29) is 11.9 Å². The van der Waals surface area contributed by atoms with Crippen LogP contribution in [0.2, 0.25) is 0 Å². The Morgan fingerprint density at radius 1 is 1.05 bits per heavy atom. The molecule has 0 radical (unpaired) electrons. The van der Waals surface area contributed by atoms with Crippen molar-refractivity contribution >= 4 is 5.69 Å². The highest BCUT2D eigenvalue weighted by molar-refractivity contribution is 5.49. The Hall–Kier alpha value is -2.23. The molecule has 106 valence electrons. The van der Waals surface area contributed by atoms with Gasteiger partial charge in [-0.1, -0.05) is 6.07 Å². The van der Waals surface area contributed by atoms with E-state index < -0.39 is 0 Å². The molecule has 1 N–H and O–H groups in total. The minimum Gasteiger partial charge on any atom is -0.497 e. The zero-order valence-electron chi connectivity index (χ0n) is 11.8. The summed E-state index contributed by atoms with van der Waals surface area (Å²) >= 11 is 0. The van der Waals surface area contributed by atoms with E-state index in [1.807, 2.05) is 31.2 Å². The molecule has 2 aromatic carbocycles. The molecule has 0 heterocycles. The number of nitrogens with one attached hydrogen (secondary N) is 1.